The summed E-state index contributed by atoms with van der Waals surface area (Å²) in [4.78, 5) is 36.6. The Kier molecular flexibility index (Phi) is 4.04. The van der Waals surface area contributed by atoms with Gasteiger partial charge in [0.15, 0.2) is 0 Å². The van der Waals surface area contributed by atoms with Crippen LogP contribution in [0.2, 0.25) is 0 Å². The number of amides is 4. The topological polar surface area (TPSA) is 90.5 Å². The van der Waals surface area contributed by atoms with E-state index in [0.717, 1.165) is 13.0 Å². The van der Waals surface area contributed by atoms with Crippen LogP contribution in [0.25, 0.3) is 0 Å². The van der Waals surface area contributed by atoms with Crippen LogP contribution in [0.3, 0.4) is 0 Å². The second-order valence-corrected chi connectivity index (χ2v) is 5.05. The summed E-state index contributed by atoms with van der Waals surface area (Å²) in [6, 6.07) is -0.436. The molecular formula is C12H20N4O3. The first kappa shape index (κ1) is 13.8. The minimum atomic E-state index is -0.801. The van der Waals surface area contributed by atoms with Crippen molar-refractivity contribution in [3.8, 4) is 0 Å². The lowest BCUT2D eigenvalue weighted by atomic mass is 9.88. The molecule has 2 heterocycles. The number of carbonyl (C=O) groups is 3. The Morgan fingerprint density at radius 2 is 2.05 bits per heavy atom. The van der Waals surface area contributed by atoms with Gasteiger partial charge < -0.3 is 15.5 Å². The molecule has 1 spiro atoms. The van der Waals surface area contributed by atoms with Gasteiger partial charge in [0.05, 0.1) is 6.54 Å². The van der Waals surface area contributed by atoms with Gasteiger partial charge in [-0.3, -0.25) is 14.9 Å². The van der Waals surface area contributed by atoms with Gasteiger partial charge in [0, 0.05) is 13.1 Å². The van der Waals surface area contributed by atoms with Crippen molar-refractivity contribution in [2.45, 2.75) is 31.7 Å². The van der Waals surface area contributed by atoms with Gasteiger partial charge in [0.1, 0.15) is 5.54 Å². The fourth-order valence-electron chi connectivity index (χ4n) is 2.50. The zero-order chi connectivity index (χ0) is 13.9. The minimum absolute atomic E-state index is 0.0491. The zero-order valence-corrected chi connectivity index (χ0v) is 11.1. The molecule has 106 valence electrons. The number of piperidine rings is 1. The second kappa shape index (κ2) is 5.56. The summed E-state index contributed by atoms with van der Waals surface area (Å²) in [7, 11) is 0. The predicted molar refractivity (Wildman–Crippen MR) is 68.4 cm³/mol. The molecule has 2 saturated heterocycles. The normalized spacial score (nSPS) is 21.4. The van der Waals surface area contributed by atoms with E-state index in [0.29, 0.717) is 32.5 Å². The van der Waals surface area contributed by atoms with E-state index in [1.54, 1.807) is 4.90 Å². The highest BCUT2D eigenvalue weighted by atomic mass is 16.2. The van der Waals surface area contributed by atoms with E-state index in [1.165, 1.54) is 0 Å². The Bertz CT molecular complexity index is 388. The summed E-state index contributed by atoms with van der Waals surface area (Å²) in [6.07, 6.45) is 1.94. The molecule has 2 rings (SSSR count). The molecule has 2 aliphatic rings. The molecule has 0 aliphatic carbocycles. The van der Waals surface area contributed by atoms with Crippen LogP contribution in [-0.4, -0.2) is 54.5 Å². The SMILES string of the molecule is CCCNCC(=O)N1CCC2(CC1)NC(=O)NC2=O. The van der Waals surface area contributed by atoms with Crippen LogP contribution in [0, 0.1) is 0 Å². The molecule has 7 nitrogen and oxygen atoms in total. The Balaban J connectivity index is 1.84. The largest absolute Gasteiger partial charge is 0.341 e. The fourth-order valence-corrected chi connectivity index (χ4v) is 2.50. The lowest BCUT2D eigenvalue weighted by Crippen LogP contribution is -2.56. The molecule has 3 N–H and O–H groups in total. The van der Waals surface area contributed by atoms with Gasteiger partial charge in [-0.25, -0.2) is 4.79 Å². The lowest BCUT2D eigenvalue weighted by Gasteiger charge is -2.37. The van der Waals surface area contributed by atoms with Gasteiger partial charge in [-0.15, -0.1) is 0 Å². The van der Waals surface area contributed by atoms with Crippen LogP contribution in [0.15, 0.2) is 0 Å². The molecule has 0 atom stereocenters. The van der Waals surface area contributed by atoms with E-state index in [4.69, 9.17) is 0 Å². The number of nitrogens with zero attached hydrogens (tertiary/aromatic N) is 1. The molecule has 0 aromatic rings. The van der Waals surface area contributed by atoms with Crippen LogP contribution in [0.5, 0.6) is 0 Å². The van der Waals surface area contributed by atoms with Crippen LogP contribution in [0.1, 0.15) is 26.2 Å². The molecular weight excluding hydrogens is 248 g/mol. The van der Waals surface area contributed by atoms with E-state index in [1.807, 2.05) is 6.92 Å². The summed E-state index contributed by atoms with van der Waals surface area (Å²) in [5, 5.41) is 8.00. The third-order valence-electron chi connectivity index (χ3n) is 3.69. The van der Waals surface area contributed by atoms with Gasteiger partial charge in [0.2, 0.25) is 5.91 Å². The van der Waals surface area contributed by atoms with Crippen molar-refractivity contribution >= 4 is 17.8 Å². The first-order chi connectivity index (χ1) is 9.07. The van der Waals surface area contributed by atoms with E-state index in [-0.39, 0.29) is 11.8 Å². The highest BCUT2D eigenvalue weighted by molar-refractivity contribution is 6.07. The van der Waals surface area contributed by atoms with Crippen LogP contribution >= 0.6 is 0 Å². The second-order valence-electron chi connectivity index (χ2n) is 5.05. The van der Waals surface area contributed by atoms with Crippen molar-refractivity contribution < 1.29 is 14.4 Å². The smallest absolute Gasteiger partial charge is 0.322 e. The Morgan fingerprint density at radius 3 is 2.58 bits per heavy atom. The van der Waals surface area contributed by atoms with Crippen molar-refractivity contribution in [2.24, 2.45) is 0 Å². The van der Waals surface area contributed by atoms with Crippen molar-refractivity contribution in [1.82, 2.24) is 20.9 Å². The van der Waals surface area contributed by atoms with Crippen molar-refractivity contribution in [3.05, 3.63) is 0 Å². The molecule has 4 amide bonds. The average molecular weight is 268 g/mol. The summed E-state index contributed by atoms with van der Waals surface area (Å²) < 4.78 is 0. The van der Waals surface area contributed by atoms with E-state index in [2.05, 4.69) is 16.0 Å². The summed E-state index contributed by atoms with van der Waals surface area (Å²) in [6.45, 7) is 4.20. The van der Waals surface area contributed by atoms with Gasteiger partial charge >= 0.3 is 6.03 Å². The summed E-state index contributed by atoms with van der Waals surface area (Å²) in [5.41, 5.74) is -0.801. The fraction of sp³-hybridized carbons (Fsp3) is 0.750. The summed E-state index contributed by atoms with van der Waals surface area (Å²) in [5.74, 6) is -0.221. The van der Waals surface area contributed by atoms with E-state index in [9.17, 15) is 14.4 Å². The third kappa shape index (κ3) is 2.86. The summed E-state index contributed by atoms with van der Waals surface area (Å²) >= 11 is 0. The number of imide groups is 1. The van der Waals surface area contributed by atoms with E-state index >= 15 is 0 Å². The van der Waals surface area contributed by atoms with Gasteiger partial charge in [-0.2, -0.15) is 0 Å². The number of rotatable bonds is 4. The number of hydrogen-bond acceptors (Lipinski definition) is 4. The highest BCUT2D eigenvalue weighted by Crippen LogP contribution is 2.25. The number of carbonyl (C=O) groups excluding carboxylic acids is 3. The molecule has 0 radical (unpaired) electrons. The van der Waals surface area contributed by atoms with Crippen molar-refractivity contribution in [1.29, 1.82) is 0 Å². The van der Waals surface area contributed by atoms with Crippen molar-refractivity contribution in [3.63, 3.8) is 0 Å². The lowest BCUT2D eigenvalue weighted by molar-refractivity contribution is -0.135. The molecule has 2 fully saturated rings. The molecule has 2 aliphatic heterocycles. The maximum atomic E-state index is 11.9. The minimum Gasteiger partial charge on any atom is -0.341 e. The van der Waals surface area contributed by atoms with E-state index < -0.39 is 11.6 Å². The predicted octanol–water partition coefficient (Wildman–Crippen LogP) is -0.813. The maximum Gasteiger partial charge on any atom is 0.322 e. The number of likely N-dealkylation sites (tertiary alicyclic amines) is 1. The molecule has 0 aromatic carbocycles. The van der Waals surface area contributed by atoms with Gasteiger partial charge in [0.25, 0.3) is 5.91 Å². The first-order valence-electron chi connectivity index (χ1n) is 6.69. The monoisotopic (exact) mass is 268 g/mol. The third-order valence-corrected chi connectivity index (χ3v) is 3.69. The maximum absolute atomic E-state index is 11.9. The van der Waals surface area contributed by atoms with Crippen LogP contribution in [-0.2, 0) is 9.59 Å². The molecule has 0 unspecified atom stereocenters. The average Bonchev–Trinajstić information content (AvgIpc) is 2.65. The molecule has 7 heteroatoms. The molecule has 0 bridgehead atoms. The number of nitrogens with one attached hydrogen (secondary N) is 3. The Labute approximate surface area is 112 Å². The van der Waals surface area contributed by atoms with Crippen LogP contribution < -0.4 is 16.0 Å². The Morgan fingerprint density at radius 1 is 1.37 bits per heavy atom. The number of hydrogen-bond donors (Lipinski definition) is 3. The van der Waals surface area contributed by atoms with Crippen LogP contribution in [0.4, 0.5) is 4.79 Å². The standard InChI is InChI=1S/C12H20N4O3/c1-2-5-13-8-9(17)16-6-3-12(4-7-16)10(18)14-11(19)15-12/h13H,2-8H2,1H3,(H2,14,15,18,19). The molecule has 0 aromatic heterocycles. The molecule has 19 heavy (non-hydrogen) atoms. The van der Waals surface area contributed by atoms with Gasteiger partial charge in [-0.05, 0) is 25.8 Å². The van der Waals surface area contributed by atoms with Crippen molar-refractivity contribution in [2.75, 3.05) is 26.2 Å². The van der Waals surface area contributed by atoms with Gasteiger partial charge in [-0.1, -0.05) is 6.92 Å². The highest BCUT2D eigenvalue weighted by Gasteiger charge is 2.48. The number of urea groups is 1. The first-order valence-corrected chi connectivity index (χ1v) is 6.69. The Hall–Kier alpha value is -1.63. The zero-order valence-electron chi connectivity index (χ0n) is 11.1. The quantitative estimate of drug-likeness (QED) is 0.459. The molecule has 0 saturated carbocycles.